The fraction of sp³-hybridized carbons (Fsp3) is 0.375. The van der Waals surface area contributed by atoms with Gasteiger partial charge in [-0.15, -0.1) is 0 Å². The summed E-state index contributed by atoms with van der Waals surface area (Å²) in [6, 6.07) is 6.61. The molecule has 2 aliphatic carbocycles. The van der Waals surface area contributed by atoms with Crippen molar-refractivity contribution in [2.24, 2.45) is 11.7 Å². The van der Waals surface area contributed by atoms with Gasteiger partial charge in [0.05, 0.1) is 37.4 Å². The van der Waals surface area contributed by atoms with Gasteiger partial charge in [-0.1, -0.05) is 11.6 Å². The number of ether oxygens (including phenoxy) is 2. The first kappa shape index (κ1) is 31.6. The van der Waals surface area contributed by atoms with Crippen LogP contribution in [0.4, 0.5) is 13.2 Å². The average Bonchev–Trinajstić information content (AvgIpc) is 3.97. The highest BCUT2D eigenvalue weighted by Gasteiger charge is 2.48. The van der Waals surface area contributed by atoms with E-state index in [9.17, 15) is 27.9 Å². The molecular weight excluding hydrogens is 627 g/mol. The lowest BCUT2D eigenvalue weighted by molar-refractivity contribution is -0.117. The average molecular weight is 658 g/mol. The molecule has 4 N–H and O–H groups in total. The monoisotopic (exact) mass is 657 g/mol. The molecule has 0 spiro atoms. The summed E-state index contributed by atoms with van der Waals surface area (Å²) in [7, 11) is 1.42. The summed E-state index contributed by atoms with van der Waals surface area (Å²) >= 11 is 6.21. The van der Waals surface area contributed by atoms with Gasteiger partial charge in [0.25, 0.3) is 5.91 Å². The van der Waals surface area contributed by atoms with Gasteiger partial charge in [-0.05, 0) is 56.0 Å². The summed E-state index contributed by atoms with van der Waals surface area (Å²) in [5.74, 6) is -5.26. The molecule has 0 unspecified atom stereocenters. The Morgan fingerprint density at radius 2 is 1.98 bits per heavy atom. The predicted molar refractivity (Wildman–Crippen MR) is 162 cm³/mol. The smallest absolute Gasteiger partial charge is 0.251 e. The molecule has 46 heavy (non-hydrogen) atoms. The molecule has 4 aromatic rings. The van der Waals surface area contributed by atoms with Crippen LogP contribution in [0, 0.1) is 17.6 Å². The number of rotatable bonds is 12. The van der Waals surface area contributed by atoms with Crippen LogP contribution < -0.4 is 20.5 Å². The van der Waals surface area contributed by atoms with Crippen LogP contribution in [-0.4, -0.2) is 51.9 Å². The van der Waals surface area contributed by atoms with E-state index in [0.717, 1.165) is 6.07 Å². The van der Waals surface area contributed by atoms with Crippen molar-refractivity contribution in [2.75, 3.05) is 20.3 Å². The molecule has 0 bridgehead atoms. The number of aromatic nitrogens is 3. The maximum atomic E-state index is 14.7. The third-order valence-corrected chi connectivity index (χ3v) is 8.71. The van der Waals surface area contributed by atoms with Gasteiger partial charge >= 0.3 is 0 Å². The first-order valence-corrected chi connectivity index (χ1v) is 15.1. The van der Waals surface area contributed by atoms with Crippen LogP contribution in [0.25, 0.3) is 22.2 Å². The third-order valence-electron chi connectivity index (χ3n) is 8.34. The number of methoxy groups -OCH3 is 1. The third kappa shape index (κ3) is 5.73. The number of nitrogens with zero attached hydrogens (tertiary/aromatic N) is 3. The number of aliphatic hydroxyl groups is 1. The van der Waals surface area contributed by atoms with E-state index in [1.54, 1.807) is 13.0 Å². The Morgan fingerprint density at radius 3 is 2.61 bits per heavy atom. The molecule has 1 atom stereocenters. The number of hydrogen-bond donors (Lipinski definition) is 3. The molecule has 2 aromatic carbocycles. The second-order valence-corrected chi connectivity index (χ2v) is 12.0. The Balaban J connectivity index is 1.38. The van der Waals surface area contributed by atoms with E-state index in [0.29, 0.717) is 36.6 Å². The van der Waals surface area contributed by atoms with Crippen molar-refractivity contribution < 1.29 is 37.3 Å². The van der Waals surface area contributed by atoms with Gasteiger partial charge < -0.3 is 25.6 Å². The zero-order chi connectivity index (χ0) is 33.0. The summed E-state index contributed by atoms with van der Waals surface area (Å²) < 4.78 is 55.7. The highest BCUT2D eigenvalue weighted by molar-refractivity contribution is 6.33. The number of fused-ring (bicyclic) bond motifs is 1. The molecule has 6 rings (SSSR count). The highest BCUT2D eigenvalue weighted by Crippen LogP contribution is 2.48. The number of primary amides is 1. The number of halogens is 4. The molecular formula is C32H31ClF3N5O5. The molecule has 0 aliphatic heterocycles. The van der Waals surface area contributed by atoms with E-state index >= 15 is 0 Å². The molecule has 2 heterocycles. The molecule has 2 fully saturated rings. The number of nitrogens with one attached hydrogen (secondary N) is 1. The van der Waals surface area contributed by atoms with Crippen molar-refractivity contribution in [1.29, 1.82) is 0 Å². The van der Waals surface area contributed by atoms with Crippen molar-refractivity contribution in [2.45, 2.75) is 50.4 Å². The Hall–Kier alpha value is -4.36. The minimum absolute atomic E-state index is 0.0269. The maximum absolute atomic E-state index is 14.7. The Bertz CT molecular complexity index is 1880. The predicted octanol–water partition coefficient (Wildman–Crippen LogP) is 4.91. The van der Waals surface area contributed by atoms with E-state index in [2.05, 4.69) is 15.4 Å². The van der Waals surface area contributed by atoms with E-state index in [-0.39, 0.29) is 65.1 Å². The molecule has 10 nitrogen and oxygen atoms in total. The van der Waals surface area contributed by atoms with Crippen LogP contribution in [0.5, 0.6) is 11.5 Å². The van der Waals surface area contributed by atoms with Gasteiger partial charge in [-0.25, -0.2) is 22.8 Å². The number of carbonyl (C=O) groups excluding carboxylic acids is 2. The lowest BCUT2D eigenvalue weighted by Crippen LogP contribution is -2.43. The molecule has 0 radical (unpaired) electrons. The van der Waals surface area contributed by atoms with Crippen molar-refractivity contribution in [3.63, 3.8) is 0 Å². The SMILES string of the molecule is CCOc1c(CC(N)=O)cc([C@@](O)(CNC(=O)c2cc(OC)c3nn(C4(F)CC4)cc3c2)C2CC2)nc1-c1ccc(F)c(F)c1Cl. The number of alkyl halides is 1. The Morgan fingerprint density at radius 1 is 1.24 bits per heavy atom. The number of hydrogen-bond acceptors (Lipinski definition) is 7. The fourth-order valence-corrected chi connectivity index (χ4v) is 5.82. The van der Waals surface area contributed by atoms with E-state index in [1.165, 1.54) is 36.2 Å². The number of amides is 2. The fourth-order valence-electron chi connectivity index (χ4n) is 5.57. The minimum Gasteiger partial charge on any atom is -0.494 e. The quantitative estimate of drug-likeness (QED) is 0.184. The van der Waals surface area contributed by atoms with Gasteiger partial charge in [-0.3, -0.25) is 9.59 Å². The van der Waals surface area contributed by atoms with Crippen LogP contribution in [-0.2, 0) is 22.6 Å². The Labute approximate surface area is 266 Å². The minimum atomic E-state index is -1.75. The van der Waals surface area contributed by atoms with Crippen LogP contribution in [0.2, 0.25) is 5.02 Å². The number of pyridine rings is 1. The molecule has 2 aliphatic rings. The molecule has 2 saturated carbocycles. The summed E-state index contributed by atoms with van der Waals surface area (Å²) in [4.78, 5) is 30.2. The summed E-state index contributed by atoms with van der Waals surface area (Å²) in [5.41, 5.74) is 4.61. The molecule has 2 aromatic heterocycles. The van der Waals surface area contributed by atoms with Gasteiger partial charge in [-0.2, -0.15) is 5.10 Å². The normalized spacial score (nSPS) is 16.6. The summed E-state index contributed by atoms with van der Waals surface area (Å²) in [5, 5.41) is 19.1. The van der Waals surface area contributed by atoms with Crippen LogP contribution >= 0.6 is 11.6 Å². The maximum Gasteiger partial charge on any atom is 0.251 e. The largest absolute Gasteiger partial charge is 0.494 e. The zero-order valence-corrected chi connectivity index (χ0v) is 25.8. The van der Waals surface area contributed by atoms with Crippen molar-refractivity contribution in [3.8, 4) is 22.8 Å². The second-order valence-electron chi connectivity index (χ2n) is 11.6. The summed E-state index contributed by atoms with van der Waals surface area (Å²) in [6.07, 6.45) is 3.12. The van der Waals surface area contributed by atoms with E-state index < -0.39 is 39.9 Å². The molecule has 14 heteroatoms. The van der Waals surface area contributed by atoms with Gasteiger partial charge in [0.1, 0.15) is 28.3 Å². The number of nitrogens with two attached hydrogens (primary N) is 1. The topological polar surface area (TPSA) is 142 Å². The Kier molecular flexibility index (Phi) is 8.09. The van der Waals surface area contributed by atoms with Gasteiger partial charge in [0, 0.05) is 41.1 Å². The first-order chi connectivity index (χ1) is 21.9. The van der Waals surface area contributed by atoms with Crippen LogP contribution in [0.3, 0.4) is 0 Å². The molecule has 2 amide bonds. The standard InChI is InChI=1S/C32H31ClF3N5O5/c1-3-46-29-16(13-24(37)42)12-23(39-28(29)20-6-7-21(34)26(35)25(20)33)32(44,19-4-5-19)15-38-30(43)17-10-18-14-41(31(36)8-9-31)40-27(18)22(11-17)45-2/h6-7,10-12,14,19,44H,3-5,8-9,13,15H2,1-2H3,(H2,37,42)(H,38,43)/t32-/m1/s1. The van der Waals surface area contributed by atoms with Crippen molar-refractivity contribution in [3.05, 3.63) is 70.0 Å². The van der Waals surface area contributed by atoms with E-state index in [4.69, 9.17) is 26.8 Å². The number of benzene rings is 2. The zero-order valence-electron chi connectivity index (χ0n) is 25.0. The van der Waals surface area contributed by atoms with E-state index in [1.807, 2.05) is 0 Å². The van der Waals surface area contributed by atoms with Crippen molar-refractivity contribution >= 4 is 34.3 Å². The first-order valence-electron chi connectivity index (χ1n) is 14.7. The van der Waals surface area contributed by atoms with Crippen molar-refractivity contribution in [1.82, 2.24) is 20.1 Å². The van der Waals surface area contributed by atoms with Crippen LogP contribution in [0.1, 0.15) is 54.2 Å². The van der Waals surface area contributed by atoms with Crippen LogP contribution in [0.15, 0.2) is 36.5 Å². The molecule has 242 valence electrons. The summed E-state index contributed by atoms with van der Waals surface area (Å²) in [6.45, 7) is 1.52. The lowest BCUT2D eigenvalue weighted by atomic mass is 9.90. The number of carbonyl (C=O) groups is 2. The second kappa shape index (κ2) is 11.8. The highest BCUT2D eigenvalue weighted by atomic mass is 35.5. The van der Waals surface area contributed by atoms with Gasteiger partial charge in [0.15, 0.2) is 11.6 Å². The van der Waals surface area contributed by atoms with Gasteiger partial charge in [0.2, 0.25) is 11.7 Å². The molecule has 0 saturated heterocycles. The lowest BCUT2D eigenvalue weighted by Gasteiger charge is -2.30.